The van der Waals surface area contributed by atoms with Gasteiger partial charge in [0.25, 0.3) is 0 Å². The monoisotopic (exact) mass is 488 g/mol. The van der Waals surface area contributed by atoms with E-state index >= 15 is 0 Å². The zero-order valence-electron chi connectivity index (χ0n) is 19.0. The van der Waals surface area contributed by atoms with E-state index in [9.17, 15) is 9.59 Å². The second kappa shape index (κ2) is 13.3. The number of rotatable bonds is 6. The molecule has 1 unspecified atom stereocenters. The van der Waals surface area contributed by atoms with Crippen LogP contribution >= 0.6 is 0 Å². The van der Waals surface area contributed by atoms with E-state index in [2.05, 4.69) is 0 Å². The lowest BCUT2D eigenvalue weighted by Crippen LogP contribution is -2.54. The molecule has 4 nitrogen and oxygen atoms in total. The molecule has 4 bridgehead atoms. The van der Waals surface area contributed by atoms with Gasteiger partial charge in [-0.25, -0.2) is 0 Å². The predicted molar refractivity (Wildman–Crippen MR) is 150 cm³/mol. The molecule has 0 aromatic heterocycles. The lowest BCUT2D eigenvalue weighted by atomic mass is 9.54. The molecule has 0 radical (unpaired) electrons. The summed E-state index contributed by atoms with van der Waals surface area (Å²) in [4.78, 5) is 26.1. The largest absolute Gasteiger partial charge is 0.460 e. The zero-order valence-corrected chi connectivity index (χ0v) is 19.0. The quantitative estimate of drug-likeness (QED) is 0.349. The molecule has 0 amide bonds. The van der Waals surface area contributed by atoms with E-state index in [-0.39, 0.29) is 62.1 Å². The molecule has 34 heavy (non-hydrogen) atoms. The highest BCUT2D eigenvalue weighted by Crippen LogP contribution is 2.57. The topological polar surface area (TPSA) is 52.6 Å². The van der Waals surface area contributed by atoms with Crippen LogP contribution in [0.1, 0.15) is 144 Å². The minimum absolute atomic E-state index is 0. The van der Waals surface area contributed by atoms with Gasteiger partial charge in [0.1, 0.15) is 11.2 Å². The first-order chi connectivity index (χ1) is 12.8. The van der Waals surface area contributed by atoms with Crippen LogP contribution in [0.25, 0.3) is 0 Å². The fraction of sp³-hybridized carbons (Fsp3) is 0.933. The lowest BCUT2D eigenvalue weighted by Gasteiger charge is -2.56. The molecule has 4 saturated carbocycles. The maximum Gasteiger partial charge on any atom is 0.312 e. The van der Waals surface area contributed by atoms with E-state index < -0.39 is 16.4 Å². The lowest BCUT2D eigenvalue weighted by molar-refractivity contribution is -0.199. The molecule has 0 saturated heterocycles. The van der Waals surface area contributed by atoms with E-state index in [1.165, 1.54) is 19.3 Å². The number of carbonyl (C=O) groups excluding carboxylic acids is 2. The SMILES string of the molecule is C.C.C.C.C.C.CCC(C)(CC(C)(C)C(=O)OC(C)(C)C)C(=O)OC12CC3CC(CC(C3)C1)C2. The van der Waals surface area contributed by atoms with E-state index in [1.54, 1.807) is 0 Å². The van der Waals surface area contributed by atoms with Crippen molar-refractivity contribution in [3.8, 4) is 0 Å². The molecule has 4 aliphatic carbocycles. The Morgan fingerprint density at radius 2 is 1.12 bits per heavy atom. The van der Waals surface area contributed by atoms with E-state index in [4.69, 9.17) is 9.47 Å². The summed E-state index contributed by atoms with van der Waals surface area (Å²) in [5.74, 6) is 1.86. The molecule has 4 aliphatic rings. The molecule has 0 N–H and O–H groups in total. The first-order valence-electron chi connectivity index (χ1n) is 11.2. The highest BCUT2D eigenvalue weighted by Gasteiger charge is 2.55. The Balaban J connectivity index is -0.000000750. The third-order valence-electron chi connectivity index (χ3n) is 7.35. The van der Waals surface area contributed by atoms with Crippen molar-refractivity contribution >= 4 is 11.9 Å². The van der Waals surface area contributed by atoms with Gasteiger partial charge >= 0.3 is 11.9 Å². The number of hydrogen-bond acceptors (Lipinski definition) is 4. The Morgan fingerprint density at radius 1 is 0.735 bits per heavy atom. The van der Waals surface area contributed by atoms with Gasteiger partial charge in [0.2, 0.25) is 0 Å². The molecule has 0 aromatic carbocycles. The van der Waals surface area contributed by atoms with Crippen LogP contribution in [-0.2, 0) is 19.1 Å². The van der Waals surface area contributed by atoms with Gasteiger partial charge in [-0.2, -0.15) is 0 Å². The number of ether oxygens (including phenoxy) is 2. The number of carbonyl (C=O) groups is 2. The van der Waals surface area contributed by atoms with Crippen LogP contribution in [0.4, 0.5) is 0 Å². The molecule has 1 atom stereocenters. The standard InChI is InChI=1S/C24H40O4.6CH4/c1-8-23(7,15-22(5,6)19(25)27-21(2,3)4)20(26)28-24-12-16-9-17(13-24)11-18(10-16)14-24;;;;;;/h16-18H,8-15H2,1-7H3;6*1H4. The normalized spacial score (nSPS) is 28.0. The van der Waals surface area contributed by atoms with Gasteiger partial charge in [0, 0.05) is 0 Å². The molecule has 0 spiro atoms. The van der Waals surface area contributed by atoms with Crippen molar-refractivity contribution in [2.45, 2.75) is 156 Å². The van der Waals surface area contributed by atoms with Crippen molar-refractivity contribution in [3.05, 3.63) is 0 Å². The average Bonchev–Trinajstić information content (AvgIpc) is 2.50. The third-order valence-corrected chi connectivity index (χ3v) is 7.35. The van der Waals surface area contributed by atoms with Crippen molar-refractivity contribution < 1.29 is 19.1 Å². The van der Waals surface area contributed by atoms with Gasteiger partial charge in [-0.1, -0.05) is 51.5 Å². The molecule has 0 heterocycles. The smallest absolute Gasteiger partial charge is 0.312 e. The summed E-state index contributed by atoms with van der Waals surface area (Å²) in [7, 11) is 0. The summed E-state index contributed by atoms with van der Waals surface area (Å²) in [6.45, 7) is 13.4. The molecule has 4 rings (SSSR count). The highest BCUT2D eigenvalue weighted by atomic mass is 16.6. The zero-order chi connectivity index (χ0) is 21.0. The minimum atomic E-state index is -0.738. The Labute approximate surface area is 215 Å². The van der Waals surface area contributed by atoms with Gasteiger partial charge in [-0.15, -0.1) is 0 Å². The van der Waals surface area contributed by atoms with Gasteiger partial charge < -0.3 is 9.47 Å². The molecule has 208 valence electrons. The van der Waals surface area contributed by atoms with Crippen molar-refractivity contribution in [2.75, 3.05) is 0 Å². The molecule has 0 aliphatic heterocycles. The van der Waals surface area contributed by atoms with Crippen LogP contribution in [0, 0.1) is 28.6 Å². The van der Waals surface area contributed by atoms with Crippen LogP contribution in [0.2, 0.25) is 0 Å². The Kier molecular flexibility index (Phi) is 15.7. The minimum Gasteiger partial charge on any atom is -0.460 e. The van der Waals surface area contributed by atoms with Crippen LogP contribution in [0.15, 0.2) is 0 Å². The van der Waals surface area contributed by atoms with Gasteiger partial charge in [-0.3, -0.25) is 9.59 Å². The Hall–Kier alpha value is -1.06. The second-order valence-electron chi connectivity index (χ2n) is 12.0. The number of esters is 2. The third kappa shape index (κ3) is 8.55. The fourth-order valence-electron chi connectivity index (χ4n) is 6.28. The first kappa shape index (κ1) is 40.1. The van der Waals surface area contributed by atoms with Crippen molar-refractivity contribution in [3.63, 3.8) is 0 Å². The van der Waals surface area contributed by atoms with Crippen LogP contribution < -0.4 is 0 Å². The molecule has 0 aromatic rings. The fourth-order valence-corrected chi connectivity index (χ4v) is 6.28. The summed E-state index contributed by atoms with van der Waals surface area (Å²) in [6, 6.07) is 0. The van der Waals surface area contributed by atoms with E-state index in [0.717, 1.165) is 37.0 Å². The molecule has 4 fully saturated rings. The van der Waals surface area contributed by atoms with Gasteiger partial charge in [0.05, 0.1) is 10.8 Å². The average molecular weight is 489 g/mol. The van der Waals surface area contributed by atoms with E-state index in [0.29, 0.717) is 12.8 Å². The number of hydrogen-bond donors (Lipinski definition) is 0. The van der Waals surface area contributed by atoms with Crippen molar-refractivity contribution in [1.82, 2.24) is 0 Å². The summed E-state index contributed by atoms with van der Waals surface area (Å²) in [6.07, 6.45) is 8.20. The first-order valence-corrected chi connectivity index (χ1v) is 11.2. The van der Waals surface area contributed by atoms with Gasteiger partial charge in [0.15, 0.2) is 0 Å². The van der Waals surface area contributed by atoms with Crippen LogP contribution in [0.3, 0.4) is 0 Å². The van der Waals surface area contributed by atoms with Crippen LogP contribution in [-0.4, -0.2) is 23.1 Å². The summed E-state index contributed by atoms with van der Waals surface area (Å²) < 4.78 is 12.0. The predicted octanol–water partition coefficient (Wildman–Crippen LogP) is 9.49. The van der Waals surface area contributed by atoms with Crippen molar-refractivity contribution in [2.24, 2.45) is 28.6 Å². The van der Waals surface area contributed by atoms with Crippen molar-refractivity contribution in [1.29, 1.82) is 0 Å². The summed E-state index contributed by atoms with van der Waals surface area (Å²) in [5, 5.41) is 0. The Morgan fingerprint density at radius 3 is 1.44 bits per heavy atom. The van der Waals surface area contributed by atoms with Crippen LogP contribution in [0.5, 0.6) is 0 Å². The maximum atomic E-state index is 13.4. The van der Waals surface area contributed by atoms with E-state index in [1.807, 2.05) is 48.5 Å². The summed E-state index contributed by atoms with van der Waals surface area (Å²) >= 11 is 0. The second-order valence-corrected chi connectivity index (χ2v) is 12.0. The van der Waals surface area contributed by atoms with Gasteiger partial charge in [-0.05, 0) is 111 Å². The summed E-state index contributed by atoms with van der Waals surface area (Å²) in [5.41, 5.74) is -2.18. The molecule has 4 heteroatoms. The molecular weight excluding hydrogens is 424 g/mol. The highest BCUT2D eigenvalue weighted by molar-refractivity contribution is 5.80. The maximum absolute atomic E-state index is 13.4. The molecular formula is C30H64O4. The Bertz CT molecular complexity index is 593.